The van der Waals surface area contributed by atoms with Crippen LogP contribution in [-0.2, 0) is 4.74 Å². The third-order valence-electron chi connectivity index (χ3n) is 3.17. The molecule has 0 unspecified atom stereocenters. The second kappa shape index (κ2) is 8.57. The lowest BCUT2D eigenvalue weighted by Gasteiger charge is -2.11. The molecule has 0 radical (unpaired) electrons. The first-order valence-corrected chi connectivity index (χ1v) is 7.64. The van der Waals surface area contributed by atoms with E-state index in [-0.39, 0.29) is 6.03 Å². The first-order valence-electron chi connectivity index (χ1n) is 7.64. The highest BCUT2D eigenvalue weighted by atomic mass is 16.5. The topological polar surface area (TPSA) is 76.7 Å². The summed E-state index contributed by atoms with van der Waals surface area (Å²) in [5.41, 5.74) is 0.998. The minimum Gasteiger partial charge on any atom is -0.465 e. The average molecular weight is 328 g/mol. The number of nitrogens with one attached hydrogen (secondary N) is 2. The average Bonchev–Trinajstić information content (AvgIpc) is 2.61. The van der Waals surface area contributed by atoms with Crippen molar-refractivity contribution in [2.75, 3.05) is 19.0 Å². The molecule has 0 spiro atoms. The lowest BCUT2D eigenvalue weighted by Crippen LogP contribution is -2.29. The van der Waals surface area contributed by atoms with Gasteiger partial charge in [-0.3, -0.25) is 0 Å². The summed E-state index contributed by atoms with van der Waals surface area (Å²) in [5, 5.41) is 5.46. The van der Waals surface area contributed by atoms with E-state index >= 15 is 0 Å². The number of methoxy groups -OCH3 is 1. The van der Waals surface area contributed by atoms with E-state index in [0.717, 1.165) is 6.42 Å². The van der Waals surface area contributed by atoms with Crippen molar-refractivity contribution in [2.24, 2.45) is 0 Å². The number of esters is 1. The van der Waals surface area contributed by atoms with Crippen LogP contribution in [0.5, 0.6) is 11.5 Å². The fourth-order valence-corrected chi connectivity index (χ4v) is 1.98. The maximum absolute atomic E-state index is 11.7. The Morgan fingerprint density at radius 1 is 1.04 bits per heavy atom. The van der Waals surface area contributed by atoms with Crippen LogP contribution in [0.1, 0.15) is 23.7 Å². The van der Waals surface area contributed by atoms with Crippen molar-refractivity contribution in [1.29, 1.82) is 0 Å². The standard InChI is InChI=1S/C18H20N2O4/c1-3-12-19-18(22)20-13-8-10-14(11-9-13)24-16-7-5-4-6-15(16)17(21)23-2/h4-11H,3,12H2,1-2H3,(H2,19,20,22). The third-order valence-corrected chi connectivity index (χ3v) is 3.17. The summed E-state index contributed by atoms with van der Waals surface area (Å²) in [6, 6.07) is 13.5. The molecule has 0 aliphatic rings. The molecule has 0 heterocycles. The SMILES string of the molecule is CCCNC(=O)Nc1ccc(Oc2ccccc2C(=O)OC)cc1. The normalized spacial score (nSPS) is 9.92. The number of ether oxygens (including phenoxy) is 2. The van der Waals surface area contributed by atoms with E-state index in [0.29, 0.717) is 29.3 Å². The summed E-state index contributed by atoms with van der Waals surface area (Å²) >= 11 is 0. The quantitative estimate of drug-likeness (QED) is 0.791. The number of urea groups is 1. The summed E-state index contributed by atoms with van der Waals surface area (Å²) in [5.74, 6) is 0.494. The molecule has 2 rings (SSSR count). The van der Waals surface area contributed by atoms with Gasteiger partial charge in [0.05, 0.1) is 7.11 Å². The molecule has 24 heavy (non-hydrogen) atoms. The molecular formula is C18H20N2O4. The molecule has 2 amide bonds. The minimum absolute atomic E-state index is 0.249. The number of benzene rings is 2. The Balaban J connectivity index is 2.05. The fraction of sp³-hybridized carbons (Fsp3) is 0.222. The van der Waals surface area contributed by atoms with Gasteiger partial charge in [-0.1, -0.05) is 19.1 Å². The second-order valence-corrected chi connectivity index (χ2v) is 5.00. The molecule has 0 aliphatic carbocycles. The van der Waals surface area contributed by atoms with Gasteiger partial charge in [-0.25, -0.2) is 9.59 Å². The van der Waals surface area contributed by atoms with E-state index in [2.05, 4.69) is 10.6 Å². The van der Waals surface area contributed by atoms with Gasteiger partial charge in [0.1, 0.15) is 17.1 Å². The maximum Gasteiger partial charge on any atom is 0.341 e. The van der Waals surface area contributed by atoms with Crippen molar-refractivity contribution in [2.45, 2.75) is 13.3 Å². The number of rotatable bonds is 6. The van der Waals surface area contributed by atoms with Crippen molar-refractivity contribution >= 4 is 17.7 Å². The molecule has 0 fully saturated rings. The molecule has 0 saturated carbocycles. The van der Waals surface area contributed by atoms with Crippen LogP contribution in [0.25, 0.3) is 0 Å². The number of anilines is 1. The summed E-state index contributed by atoms with van der Waals surface area (Å²) in [6.07, 6.45) is 0.875. The molecular weight excluding hydrogens is 308 g/mol. The minimum atomic E-state index is -0.462. The van der Waals surface area contributed by atoms with Crippen molar-refractivity contribution < 1.29 is 19.1 Å². The van der Waals surface area contributed by atoms with Crippen LogP contribution in [-0.4, -0.2) is 25.7 Å². The van der Waals surface area contributed by atoms with Gasteiger partial charge >= 0.3 is 12.0 Å². The van der Waals surface area contributed by atoms with Gasteiger partial charge < -0.3 is 20.1 Å². The maximum atomic E-state index is 11.7. The largest absolute Gasteiger partial charge is 0.465 e. The Morgan fingerprint density at radius 2 is 1.75 bits per heavy atom. The van der Waals surface area contributed by atoms with Crippen LogP contribution in [0.2, 0.25) is 0 Å². The predicted octanol–water partition coefficient (Wildman–Crippen LogP) is 3.80. The summed E-state index contributed by atoms with van der Waals surface area (Å²) in [6.45, 7) is 2.61. The van der Waals surface area contributed by atoms with Crippen LogP contribution in [0, 0.1) is 0 Å². The zero-order valence-corrected chi connectivity index (χ0v) is 13.7. The number of hydrogen-bond acceptors (Lipinski definition) is 4. The van der Waals surface area contributed by atoms with Gasteiger partial charge in [-0.2, -0.15) is 0 Å². The van der Waals surface area contributed by atoms with E-state index in [9.17, 15) is 9.59 Å². The molecule has 2 aromatic rings. The molecule has 6 nitrogen and oxygen atoms in total. The Bertz CT molecular complexity index is 698. The van der Waals surface area contributed by atoms with Gasteiger partial charge in [0, 0.05) is 12.2 Å². The molecule has 2 aromatic carbocycles. The van der Waals surface area contributed by atoms with Crippen molar-refractivity contribution in [1.82, 2.24) is 5.32 Å². The second-order valence-electron chi connectivity index (χ2n) is 5.00. The van der Waals surface area contributed by atoms with Crippen molar-refractivity contribution in [3.8, 4) is 11.5 Å². The number of carbonyl (C=O) groups is 2. The molecule has 0 bridgehead atoms. The first kappa shape index (κ1) is 17.3. The Hall–Kier alpha value is -3.02. The predicted molar refractivity (Wildman–Crippen MR) is 91.6 cm³/mol. The highest BCUT2D eigenvalue weighted by molar-refractivity contribution is 5.92. The summed E-state index contributed by atoms with van der Waals surface area (Å²) in [7, 11) is 1.32. The molecule has 2 N–H and O–H groups in total. The highest BCUT2D eigenvalue weighted by Crippen LogP contribution is 2.26. The van der Waals surface area contributed by atoms with E-state index in [4.69, 9.17) is 9.47 Å². The monoisotopic (exact) mass is 328 g/mol. The van der Waals surface area contributed by atoms with Gasteiger partial charge in [0.25, 0.3) is 0 Å². The number of hydrogen-bond donors (Lipinski definition) is 2. The fourth-order valence-electron chi connectivity index (χ4n) is 1.98. The van der Waals surface area contributed by atoms with Gasteiger partial charge in [0.2, 0.25) is 0 Å². The zero-order chi connectivity index (χ0) is 17.4. The number of carbonyl (C=O) groups excluding carboxylic acids is 2. The van der Waals surface area contributed by atoms with Crippen LogP contribution >= 0.6 is 0 Å². The Kier molecular flexibility index (Phi) is 6.19. The Morgan fingerprint density at radius 3 is 2.42 bits per heavy atom. The van der Waals surface area contributed by atoms with Crippen LogP contribution < -0.4 is 15.4 Å². The molecule has 0 aromatic heterocycles. The number of para-hydroxylation sites is 1. The van der Waals surface area contributed by atoms with E-state index in [1.165, 1.54) is 7.11 Å². The molecule has 0 saturated heterocycles. The van der Waals surface area contributed by atoms with Crippen molar-refractivity contribution in [3.63, 3.8) is 0 Å². The molecule has 0 aliphatic heterocycles. The van der Waals surface area contributed by atoms with E-state index in [1.807, 2.05) is 6.92 Å². The molecule has 0 atom stereocenters. The van der Waals surface area contributed by atoms with Gasteiger partial charge in [0.15, 0.2) is 0 Å². The zero-order valence-electron chi connectivity index (χ0n) is 13.7. The lowest BCUT2D eigenvalue weighted by atomic mass is 10.2. The highest BCUT2D eigenvalue weighted by Gasteiger charge is 2.12. The Labute approximate surface area is 140 Å². The smallest absolute Gasteiger partial charge is 0.341 e. The van der Waals surface area contributed by atoms with Crippen molar-refractivity contribution in [3.05, 3.63) is 54.1 Å². The number of amides is 2. The van der Waals surface area contributed by atoms with E-state index in [1.54, 1.807) is 48.5 Å². The van der Waals surface area contributed by atoms with Crippen LogP contribution in [0.15, 0.2) is 48.5 Å². The summed E-state index contributed by atoms with van der Waals surface area (Å²) < 4.78 is 10.5. The van der Waals surface area contributed by atoms with E-state index < -0.39 is 5.97 Å². The summed E-state index contributed by atoms with van der Waals surface area (Å²) in [4.78, 5) is 23.3. The van der Waals surface area contributed by atoms with Gasteiger partial charge in [-0.15, -0.1) is 0 Å². The molecule has 6 heteroatoms. The lowest BCUT2D eigenvalue weighted by molar-refractivity contribution is 0.0598. The first-order chi connectivity index (χ1) is 11.6. The third kappa shape index (κ3) is 4.74. The van der Waals surface area contributed by atoms with Gasteiger partial charge in [-0.05, 0) is 42.8 Å². The molecule has 126 valence electrons. The van der Waals surface area contributed by atoms with Crippen LogP contribution in [0.3, 0.4) is 0 Å². The van der Waals surface area contributed by atoms with Crippen LogP contribution in [0.4, 0.5) is 10.5 Å².